The predicted molar refractivity (Wildman–Crippen MR) is 102 cm³/mol. The molecule has 5 nitrogen and oxygen atoms in total. The number of rotatable bonds is 6. The SMILES string of the molecule is CC(C)C[C@H](N)CNc1nc(-c2cc(F)cc(F)c2O)nc2ccccc12. The van der Waals surface area contributed by atoms with Crippen molar-refractivity contribution in [2.24, 2.45) is 11.7 Å². The lowest BCUT2D eigenvalue weighted by atomic mass is 10.0. The summed E-state index contributed by atoms with van der Waals surface area (Å²) in [7, 11) is 0. The summed E-state index contributed by atoms with van der Waals surface area (Å²) in [5.74, 6) is -1.56. The molecule has 4 N–H and O–H groups in total. The summed E-state index contributed by atoms with van der Waals surface area (Å²) in [6, 6.07) is 8.83. The van der Waals surface area contributed by atoms with Crippen LogP contribution < -0.4 is 11.1 Å². The average Bonchev–Trinajstić information content (AvgIpc) is 2.62. The molecular weight excluding hydrogens is 350 g/mol. The van der Waals surface area contributed by atoms with Crippen LogP contribution >= 0.6 is 0 Å². The molecule has 0 saturated heterocycles. The standard InChI is InChI=1S/C20H22F2N4O/c1-11(2)7-13(23)10-24-19-14-5-3-4-6-17(14)25-20(26-19)15-8-12(21)9-16(22)18(15)27/h3-6,8-9,11,13,27H,7,10,23H2,1-2H3,(H,24,25,26)/t13-/m0/s1. The Morgan fingerprint density at radius 2 is 1.89 bits per heavy atom. The van der Waals surface area contributed by atoms with Crippen LogP contribution in [0.3, 0.4) is 0 Å². The van der Waals surface area contributed by atoms with Gasteiger partial charge in [0.1, 0.15) is 11.6 Å². The van der Waals surface area contributed by atoms with E-state index in [1.165, 1.54) is 0 Å². The Kier molecular flexibility index (Phi) is 5.51. The molecule has 0 unspecified atom stereocenters. The van der Waals surface area contributed by atoms with E-state index in [0.717, 1.165) is 17.9 Å². The predicted octanol–water partition coefficient (Wildman–Crippen LogP) is 4.07. The van der Waals surface area contributed by atoms with Crippen LogP contribution in [0.2, 0.25) is 0 Å². The minimum atomic E-state index is -1.06. The van der Waals surface area contributed by atoms with Crippen LogP contribution in [0.25, 0.3) is 22.3 Å². The normalized spacial score (nSPS) is 12.5. The van der Waals surface area contributed by atoms with E-state index in [4.69, 9.17) is 5.73 Å². The van der Waals surface area contributed by atoms with Gasteiger partial charge >= 0.3 is 0 Å². The number of aromatic nitrogens is 2. The Bertz CT molecular complexity index is 962. The molecule has 0 fully saturated rings. The number of hydrogen-bond donors (Lipinski definition) is 3. The Hall–Kier alpha value is -2.80. The molecule has 1 atom stereocenters. The van der Waals surface area contributed by atoms with Gasteiger partial charge in [0, 0.05) is 24.0 Å². The number of fused-ring (bicyclic) bond motifs is 1. The van der Waals surface area contributed by atoms with E-state index >= 15 is 0 Å². The van der Waals surface area contributed by atoms with Crippen molar-refractivity contribution in [1.82, 2.24) is 9.97 Å². The molecule has 3 aromatic rings. The largest absolute Gasteiger partial charge is 0.504 e. The van der Waals surface area contributed by atoms with Gasteiger partial charge in [-0.25, -0.2) is 18.7 Å². The number of halogens is 2. The van der Waals surface area contributed by atoms with Crippen LogP contribution in [0, 0.1) is 17.6 Å². The Morgan fingerprint density at radius 1 is 1.15 bits per heavy atom. The van der Waals surface area contributed by atoms with Crippen molar-refractivity contribution in [2.45, 2.75) is 26.3 Å². The molecule has 0 aliphatic rings. The first kappa shape index (κ1) is 19.0. The number of para-hydroxylation sites is 1. The lowest BCUT2D eigenvalue weighted by molar-refractivity contribution is 0.429. The Morgan fingerprint density at radius 3 is 2.63 bits per heavy atom. The van der Waals surface area contributed by atoms with E-state index in [-0.39, 0.29) is 17.4 Å². The first-order valence-electron chi connectivity index (χ1n) is 8.79. The Labute approximate surface area is 156 Å². The molecule has 1 aromatic heterocycles. The number of phenols is 1. The molecule has 0 aliphatic carbocycles. The third-order valence-corrected chi connectivity index (χ3v) is 4.18. The van der Waals surface area contributed by atoms with Crippen LogP contribution in [-0.4, -0.2) is 27.7 Å². The first-order valence-corrected chi connectivity index (χ1v) is 8.79. The third-order valence-electron chi connectivity index (χ3n) is 4.18. The zero-order chi connectivity index (χ0) is 19.6. The van der Waals surface area contributed by atoms with Crippen LogP contribution in [-0.2, 0) is 0 Å². The maximum atomic E-state index is 13.7. The summed E-state index contributed by atoms with van der Waals surface area (Å²) in [6.07, 6.45) is 0.846. The van der Waals surface area contributed by atoms with Gasteiger partial charge in [-0.2, -0.15) is 0 Å². The number of benzene rings is 2. The number of nitrogens with one attached hydrogen (secondary N) is 1. The second-order valence-electron chi connectivity index (χ2n) is 6.97. The second kappa shape index (κ2) is 7.84. The van der Waals surface area contributed by atoms with Gasteiger partial charge in [0.2, 0.25) is 0 Å². The molecule has 0 amide bonds. The van der Waals surface area contributed by atoms with Crippen molar-refractivity contribution in [3.8, 4) is 17.1 Å². The fourth-order valence-electron chi connectivity index (χ4n) is 2.98. The van der Waals surface area contributed by atoms with Crippen molar-refractivity contribution in [3.63, 3.8) is 0 Å². The maximum absolute atomic E-state index is 13.7. The monoisotopic (exact) mass is 372 g/mol. The van der Waals surface area contributed by atoms with Gasteiger partial charge in [0.15, 0.2) is 17.4 Å². The van der Waals surface area contributed by atoms with Crippen molar-refractivity contribution in [2.75, 3.05) is 11.9 Å². The molecule has 3 rings (SSSR count). The quantitative estimate of drug-likeness (QED) is 0.608. The van der Waals surface area contributed by atoms with E-state index < -0.39 is 17.4 Å². The topological polar surface area (TPSA) is 84.1 Å². The summed E-state index contributed by atoms with van der Waals surface area (Å²) in [4.78, 5) is 8.74. The Balaban J connectivity index is 2.03. The fraction of sp³-hybridized carbons (Fsp3) is 0.300. The zero-order valence-electron chi connectivity index (χ0n) is 15.2. The number of nitrogens with zero attached hydrogens (tertiary/aromatic N) is 2. The smallest absolute Gasteiger partial charge is 0.168 e. The molecule has 0 radical (unpaired) electrons. The van der Waals surface area contributed by atoms with Crippen LogP contribution in [0.1, 0.15) is 20.3 Å². The molecule has 27 heavy (non-hydrogen) atoms. The lowest BCUT2D eigenvalue weighted by Gasteiger charge is -2.17. The number of nitrogens with two attached hydrogens (primary N) is 1. The number of aromatic hydroxyl groups is 1. The average molecular weight is 372 g/mol. The van der Waals surface area contributed by atoms with Crippen LogP contribution in [0.4, 0.5) is 14.6 Å². The van der Waals surface area contributed by atoms with Crippen LogP contribution in [0.15, 0.2) is 36.4 Å². The van der Waals surface area contributed by atoms with Crippen LogP contribution in [0.5, 0.6) is 5.75 Å². The van der Waals surface area contributed by atoms with E-state index in [1.807, 2.05) is 12.1 Å². The van der Waals surface area contributed by atoms with Crippen molar-refractivity contribution >= 4 is 16.7 Å². The molecule has 0 spiro atoms. The number of phenolic OH excluding ortho intramolecular Hbond substituents is 1. The van der Waals surface area contributed by atoms with Gasteiger partial charge in [-0.05, 0) is 30.5 Å². The highest BCUT2D eigenvalue weighted by molar-refractivity contribution is 5.90. The highest BCUT2D eigenvalue weighted by Gasteiger charge is 2.17. The summed E-state index contributed by atoms with van der Waals surface area (Å²) >= 11 is 0. The van der Waals surface area contributed by atoms with Gasteiger partial charge in [0.05, 0.1) is 11.1 Å². The molecule has 1 heterocycles. The van der Waals surface area contributed by atoms with Gasteiger partial charge in [-0.1, -0.05) is 26.0 Å². The van der Waals surface area contributed by atoms with E-state index in [9.17, 15) is 13.9 Å². The summed E-state index contributed by atoms with van der Waals surface area (Å²) in [5, 5.41) is 14.0. The minimum Gasteiger partial charge on any atom is -0.504 e. The highest BCUT2D eigenvalue weighted by atomic mass is 19.1. The highest BCUT2D eigenvalue weighted by Crippen LogP contribution is 2.32. The molecular formula is C20H22F2N4O. The molecule has 142 valence electrons. The second-order valence-corrected chi connectivity index (χ2v) is 6.97. The van der Waals surface area contributed by atoms with Gasteiger partial charge in [-0.15, -0.1) is 0 Å². The van der Waals surface area contributed by atoms with Gasteiger partial charge in [0.25, 0.3) is 0 Å². The van der Waals surface area contributed by atoms with Gasteiger partial charge in [-0.3, -0.25) is 0 Å². The number of hydrogen-bond acceptors (Lipinski definition) is 5. The van der Waals surface area contributed by atoms with Gasteiger partial charge < -0.3 is 16.2 Å². The minimum absolute atomic E-state index is 0.0320. The molecule has 0 bridgehead atoms. The van der Waals surface area contributed by atoms with E-state index in [0.29, 0.717) is 29.9 Å². The van der Waals surface area contributed by atoms with Crippen molar-refractivity contribution in [3.05, 3.63) is 48.0 Å². The fourth-order valence-corrected chi connectivity index (χ4v) is 2.98. The molecule has 2 aromatic carbocycles. The summed E-state index contributed by atoms with van der Waals surface area (Å²) in [5.41, 5.74) is 6.62. The lowest BCUT2D eigenvalue weighted by Crippen LogP contribution is -2.30. The maximum Gasteiger partial charge on any atom is 0.168 e. The molecule has 0 saturated carbocycles. The third kappa shape index (κ3) is 4.31. The van der Waals surface area contributed by atoms with Crippen molar-refractivity contribution in [1.29, 1.82) is 0 Å². The van der Waals surface area contributed by atoms with E-state index in [1.54, 1.807) is 12.1 Å². The van der Waals surface area contributed by atoms with Crippen molar-refractivity contribution < 1.29 is 13.9 Å². The summed E-state index contributed by atoms with van der Waals surface area (Å²) in [6.45, 7) is 4.68. The molecule has 0 aliphatic heterocycles. The zero-order valence-corrected chi connectivity index (χ0v) is 15.2. The first-order chi connectivity index (χ1) is 12.8. The molecule has 7 heteroatoms. The summed E-state index contributed by atoms with van der Waals surface area (Å²) < 4.78 is 27.4. The number of anilines is 1. The van der Waals surface area contributed by atoms with E-state index in [2.05, 4.69) is 29.1 Å².